The van der Waals surface area contributed by atoms with E-state index in [1.807, 2.05) is 18.2 Å². The molecule has 2 heterocycles. The minimum absolute atomic E-state index is 0.0956. The fourth-order valence-corrected chi connectivity index (χ4v) is 2.53. The van der Waals surface area contributed by atoms with Crippen LogP contribution in [0.4, 0.5) is 0 Å². The predicted molar refractivity (Wildman–Crippen MR) is 75.4 cm³/mol. The molecule has 0 saturated carbocycles. The lowest BCUT2D eigenvalue weighted by atomic mass is 10.00. The Bertz CT molecular complexity index is 561. The van der Waals surface area contributed by atoms with E-state index in [2.05, 4.69) is 0 Å². The number of carbonyl (C=O) groups is 2. The standard InChI is InChI=1S/C16H17NO4/c18-15-10-14(21-13-4-2-1-3-5-13)16(19)17(15)11-12-6-8-20-9-7-12/h1-5,10,12H,6-9,11H2. The number of para-hydroxylation sites is 1. The van der Waals surface area contributed by atoms with E-state index in [9.17, 15) is 9.59 Å². The highest BCUT2D eigenvalue weighted by molar-refractivity contribution is 6.15. The first-order valence-corrected chi connectivity index (χ1v) is 7.12. The lowest BCUT2D eigenvalue weighted by Gasteiger charge is -2.25. The van der Waals surface area contributed by atoms with Crippen molar-refractivity contribution in [3.8, 4) is 5.75 Å². The number of ether oxygens (including phenoxy) is 2. The second kappa shape index (κ2) is 6.10. The first kappa shape index (κ1) is 13.8. The summed E-state index contributed by atoms with van der Waals surface area (Å²) in [6.07, 6.45) is 3.03. The maximum Gasteiger partial charge on any atom is 0.296 e. The van der Waals surface area contributed by atoms with Crippen molar-refractivity contribution in [3.63, 3.8) is 0 Å². The van der Waals surface area contributed by atoms with E-state index in [0.717, 1.165) is 12.8 Å². The number of amides is 2. The lowest BCUT2D eigenvalue weighted by molar-refractivity contribution is -0.139. The summed E-state index contributed by atoms with van der Waals surface area (Å²) < 4.78 is 10.8. The molecule has 0 bridgehead atoms. The molecular weight excluding hydrogens is 270 g/mol. The van der Waals surface area contributed by atoms with Gasteiger partial charge in [-0.1, -0.05) is 18.2 Å². The second-order valence-corrected chi connectivity index (χ2v) is 5.23. The molecule has 0 unspecified atom stereocenters. The zero-order chi connectivity index (χ0) is 14.7. The largest absolute Gasteiger partial charge is 0.451 e. The van der Waals surface area contributed by atoms with Crippen molar-refractivity contribution < 1.29 is 19.1 Å². The van der Waals surface area contributed by atoms with Gasteiger partial charge in [0, 0.05) is 19.8 Å². The average molecular weight is 287 g/mol. The fourth-order valence-electron chi connectivity index (χ4n) is 2.53. The zero-order valence-electron chi connectivity index (χ0n) is 11.7. The number of benzene rings is 1. The molecule has 0 aliphatic carbocycles. The van der Waals surface area contributed by atoms with E-state index in [0.29, 0.717) is 31.4 Å². The van der Waals surface area contributed by atoms with Gasteiger partial charge in [0.2, 0.25) is 0 Å². The average Bonchev–Trinajstić information content (AvgIpc) is 2.77. The molecule has 3 rings (SSSR count). The number of imide groups is 1. The topological polar surface area (TPSA) is 55.8 Å². The highest BCUT2D eigenvalue weighted by atomic mass is 16.5. The molecule has 0 spiro atoms. The van der Waals surface area contributed by atoms with Gasteiger partial charge in [-0.25, -0.2) is 0 Å². The van der Waals surface area contributed by atoms with Gasteiger partial charge < -0.3 is 9.47 Å². The Labute approximate surface area is 123 Å². The molecule has 2 amide bonds. The number of rotatable bonds is 4. The Balaban J connectivity index is 1.64. The lowest BCUT2D eigenvalue weighted by Crippen LogP contribution is -2.37. The number of hydrogen-bond donors (Lipinski definition) is 0. The fraction of sp³-hybridized carbons (Fsp3) is 0.375. The minimum atomic E-state index is -0.352. The van der Waals surface area contributed by atoms with Crippen LogP contribution in [0.1, 0.15) is 12.8 Å². The highest BCUT2D eigenvalue weighted by Gasteiger charge is 2.34. The summed E-state index contributed by atoms with van der Waals surface area (Å²) in [6, 6.07) is 8.99. The molecule has 5 nitrogen and oxygen atoms in total. The maximum atomic E-state index is 12.3. The molecule has 0 radical (unpaired) electrons. The molecule has 1 saturated heterocycles. The van der Waals surface area contributed by atoms with Crippen molar-refractivity contribution in [3.05, 3.63) is 42.2 Å². The van der Waals surface area contributed by atoms with E-state index in [1.165, 1.54) is 11.0 Å². The van der Waals surface area contributed by atoms with Gasteiger partial charge in [-0.15, -0.1) is 0 Å². The molecule has 1 fully saturated rings. The van der Waals surface area contributed by atoms with Gasteiger partial charge in [0.05, 0.1) is 6.08 Å². The van der Waals surface area contributed by atoms with Crippen molar-refractivity contribution in [2.45, 2.75) is 12.8 Å². The summed E-state index contributed by atoms with van der Waals surface area (Å²) in [5.41, 5.74) is 0. The van der Waals surface area contributed by atoms with E-state index < -0.39 is 0 Å². The van der Waals surface area contributed by atoms with Gasteiger partial charge in [0.1, 0.15) is 5.75 Å². The molecule has 0 atom stereocenters. The van der Waals surface area contributed by atoms with Crippen molar-refractivity contribution in [1.29, 1.82) is 0 Å². The first-order valence-electron chi connectivity index (χ1n) is 7.12. The van der Waals surface area contributed by atoms with Gasteiger partial charge >= 0.3 is 0 Å². The van der Waals surface area contributed by atoms with Crippen LogP contribution in [0.3, 0.4) is 0 Å². The van der Waals surface area contributed by atoms with E-state index in [1.54, 1.807) is 12.1 Å². The molecule has 2 aliphatic heterocycles. The van der Waals surface area contributed by atoms with Crippen molar-refractivity contribution in [2.24, 2.45) is 5.92 Å². The van der Waals surface area contributed by atoms with Crippen LogP contribution in [0.15, 0.2) is 42.2 Å². The van der Waals surface area contributed by atoms with Gasteiger partial charge in [-0.3, -0.25) is 14.5 Å². The number of nitrogens with zero attached hydrogens (tertiary/aromatic N) is 1. The Morgan fingerprint density at radius 3 is 2.57 bits per heavy atom. The van der Waals surface area contributed by atoms with Crippen LogP contribution in [0.25, 0.3) is 0 Å². The number of hydrogen-bond acceptors (Lipinski definition) is 4. The van der Waals surface area contributed by atoms with E-state index in [-0.39, 0.29) is 17.6 Å². The summed E-state index contributed by atoms with van der Waals surface area (Å²) in [5, 5.41) is 0. The predicted octanol–water partition coefficient (Wildman–Crippen LogP) is 1.74. The molecule has 0 N–H and O–H groups in total. The van der Waals surface area contributed by atoms with Gasteiger partial charge in [-0.2, -0.15) is 0 Å². The molecule has 0 aromatic heterocycles. The summed E-state index contributed by atoms with van der Waals surface area (Å²) in [6.45, 7) is 1.84. The van der Waals surface area contributed by atoms with Crippen LogP contribution in [-0.4, -0.2) is 36.5 Å². The smallest absolute Gasteiger partial charge is 0.296 e. The third kappa shape index (κ3) is 3.13. The summed E-state index contributed by atoms with van der Waals surface area (Å²) in [4.78, 5) is 25.5. The summed E-state index contributed by atoms with van der Waals surface area (Å²) in [5.74, 6) is 0.319. The second-order valence-electron chi connectivity index (χ2n) is 5.23. The van der Waals surface area contributed by atoms with Crippen LogP contribution in [-0.2, 0) is 14.3 Å². The van der Waals surface area contributed by atoms with Gasteiger partial charge in [0.15, 0.2) is 5.76 Å². The van der Waals surface area contributed by atoms with Crippen LogP contribution >= 0.6 is 0 Å². The van der Waals surface area contributed by atoms with Gasteiger partial charge in [0.25, 0.3) is 11.8 Å². The Hall–Kier alpha value is -2.14. The third-order valence-electron chi connectivity index (χ3n) is 3.73. The SMILES string of the molecule is O=C1C=C(Oc2ccccc2)C(=O)N1CC1CCOCC1. The van der Waals surface area contributed by atoms with E-state index >= 15 is 0 Å². The van der Waals surface area contributed by atoms with Crippen molar-refractivity contribution >= 4 is 11.8 Å². The minimum Gasteiger partial charge on any atom is -0.451 e. The molecule has 2 aliphatic rings. The van der Waals surface area contributed by atoms with Crippen LogP contribution in [0.5, 0.6) is 5.75 Å². The molecule has 110 valence electrons. The normalized spacial score (nSPS) is 19.8. The Morgan fingerprint density at radius 2 is 1.86 bits per heavy atom. The monoisotopic (exact) mass is 287 g/mol. The summed E-state index contributed by atoms with van der Waals surface area (Å²) >= 11 is 0. The zero-order valence-corrected chi connectivity index (χ0v) is 11.7. The Morgan fingerprint density at radius 1 is 1.14 bits per heavy atom. The van der Waals surface area contributed by atoms with Crippen LogP contribution in [0.2, 0.25) is 0 Å². The van der Waals surface area contributed by atoms with Crippen LogP contribution in [0, 0.1) is 5.92 Å². The van der Waals surface area contributed by atoms with Crippen LogP contribution < -0.4 is 4.74 Å². The first-order chi connectivity index (χ1) is 10.2. The number of carbonyl (C=O) groups excluding carboxylic acids is 2. The molecule has 5 heteroatoms. The quantitative estimate of drug-likeness (QED) is 0.792. The van der Waals surface area contributed by atoms with Crippen molar-refractivity contribution in [1.82, 2.24) is 4.90 Å². The third-order valence-corrected chi connectivity index (χ3v) is 3.73. The Kier molecular flexibility index (Phi) is 4.01. The maximum absolute atomic E-state index is 12.3. The van der Waals surface area contributed by atoms with Gasteiger partial charge in [-0.05, 0) is 30.9 Å². The molecular formula is C16H17NO4. The molecule has 21 heavy (non-hydrogen) atoms. The molecule has 1 aromatic carbocycles. The summed E-state index contributed by atoms with van der Waals surface area (Å²) in [7, 11) is 0. The highest BCUT2D eigenvalue weighted by Crippen LogP contribution is 2.22. The molecule has 1 aromatic rings. The van der Waals surface area contributed by atoms with Crippen molar-refractivity contribution in [2.75, 3.05) is 19.8 Å². The van der Waals surface area contributed by atoms with E-state index in [4.69, 9.17) is 9.47 Å².